The van der Waals surface area contributed by atoms with E-state index in [0.29, 0.717) is 12.6 Å². The summed E-state index contributed by atoms with van der Waals surface area (Å²) < 4.78 is 0. The van der Waals surface area contributed by atoms with Gasteiger partial charge in [0.1, 0.15) is 0 Å². The van der Waals surface area contributed by atoms with Gasteiger partial charge >= 0.3 is 0 Å². The lowest BCUT2D eigenvalue weighted by atomic mass is 9.92. The first kappa shape index (κ1) is 19.9. The van der Waals surface area contributed by atoms with Crippen LogP contribution in [0.4, 0.5) is 11.4 Å². The SMILES string of the molecule is C[C@H]1C[C@@H](C(=O)Nc2cccc(N(CC(N)=O)Cc3ccccc3)c2)CCN1. The minimum atomic E-state index is -0.394. The van der Waals surface area contributed by atoms with E-state index in [1.807, 2.05) is 59.5 Å². The fourth-order valence-electron chi connectivity index (χ4n) is 3.63. The summed E-state index contributed by atoms with van der Waals surface area (Å²) in [5.74, 6) is -0.324. The maximum absolute atomic E-state index is 12.6. The molecule has 6 heteroatoms. The summed E-state index contributed by atoms with van der Waals surface area (Å²) >= 11 is 0. The Morgan fingerprint density at radius 1 is 1.18 bits per heavy atom. The molecule has 0 aliphatic carbocycles. The fourth-order valence-corrected chi connectivity index (χ4v) is 3.63. The van der Waals surface area contributed by atoms with Crippen LogP contribution in [0.1, 0.15) is 25.3 Å². The van der Waals surface area contributed by atoms with Gasteiger partial charge < -0.3 is 21.3 Å². The van der Waals surface area contributed by atoms with Crippen molar-refractivity contribution in [1.82, 2.24) is 5.32 Å². The molecule has 2 aromatic carbocycles. The fraction of sp³-hybridized carbons (Fsp3) is 0.364. The molecule has 1 saturated heterocycles. The van der Waals surface area contributed by atoms with Crippen LogP contribution in [0.25, 0.3) is 0 Å². The summed E-state index contributed by atoms with van der Waals surface area (Å²) in [6, 6.07) is 17.8. The Hall–Kier alpha value is -2.86. The van der Waals surface area contributed by atoms with Crippen LogP contribution < -0.4 is 21.3 Å². The summed E-state index contributed by atoms with van der Waals surface area (Å²) in [7, 11) is 0. The summed E-state index contributed by atoms with van der Waals surface area (Å²) in [5.41, 5.74) is 8.12. The highest BCUT2D eigenvalue weighted by atomic mass is 16.2. The Bertz CT molecular complexity index is 809. The highest BCUT2D eigenvalue weighted by Gasteiger charge is 2.24. The summed E-state index contributed by atoms with van der Waals surface area (Å²) in [5, 5.41) is 6.40. The second-order valence-corrected chi connectivity index (χ2v) is 7.42. The molecule has 2 aromatic rings. The molecule has 2 amide bonds. The van der Waals surface area contributed by atoms with E-state index in [0.717, 1.165) is 36.3 Å². The van der Waals surface area contributed by atoms with Crippen molar-refractivity contribution < 1.29 is 9.59 Å². The van der Waals surface area contributed by atoms with Crippen LogP contribution in [-0.4, -0.2) is 30.9 Å². The van der Waals surface area contributed by atoms with E-state index in [4.69, 9.17) is 5.73 Å². The predicted molar refractivity (Wildman–Crippen MR) is 112 cm³/mol. The highest BCUT2D eigenvalue weighted by molar-refractivity contribution is 5.93. The van der Waals surface area contributed by atoms with Crippen molar-refractivity contribution in [3.8, 4) is 0 Å². The van der Waals surface area contributed by atoms with Crippen LogP contribution in [0.5, 0.6) is 0 Å². The molecule has 1 fully saturated rings. The average molecular weight is 380 g/mol. The van der Waals surface area contributed by atoms with Gasteiger partial charge in [0.25, 0.3) is 0 Å². The van der Waals surface area contributed by atoms with Gasteiger partial charge in [-0.05, 0) is 50.1 Å². The Balaban J connectivity index is 1.73. The van der Waals surface area contributed by atoms with E-state index < -0.39 is 5.91 Å². The number of piperidine rings is 1. The first-order chi connectivity index (χ1) is 13.5. The van der Waals surface area contributed by atoms with Gasteiger partial charge in [-0.1, -0.05) is 36.4 Å². The first-order valence-corrected chi connectivity index (χ1v) is 9.73. The Morgan fingerprint density at radius 3 is 2.68 bits per heavy atom. The van der Waals surface area contributed by atoms with Crippen LogP contribution in [0, 0.1) is 5.92 Å². The van der Waals surface area contributed by atoms with Crippen LogP contribution in [0.2, 0.25) is 0 Å². The number of nitrogens with zero attached hydrogens (tertiary/aromatic N) is 1. The summed E-state index contributed by atoms with van der Waals surface area (Å²) in [6.45, 7) is 3.64. The van der Waals surface area contributed by atoms with Gasteiger partial charge in [-0.3, -0.25) is 9.59 Å². The van der Waals surface area contributed by atoms with Crippen molar-refractivity contribution >= 4 is 23.2 Å². The van der Waals surface area contributed by atoms with Gasteiger partial charge in [0.15, 0.2) is 0 Å². The molecule has 0 aromatic heterocycles. The molecule has 0 bridgehead atoms. The lowest BCUT2D eigenvalue weighted by Crippen LogP contribution is -2.40. The number of nitrogens with one attached hydrogen (secondary N) is 2. The zero-order chi connectivity index (χ0) is 19.9. The van der Waals surface area contributed by atoms with Crippen molar-refractivity contribution in [3.05, 3.63) is 60.2 Å². The maximum atomic E-state index is 12.6. The zero-order valence-electron chi connectivity index (χ0n) is 16.2. The van der Waals surface area contributed by atoms with Gasteiger partial charge in [0.2, 0.25) is 11.8 Å². The molecule has 148 valence electrons. The third-order valence-electron chi connectivity index (χ3n) is 5.04. The van der Waals surface area contributed by atoms with Gasteiger partial charge in [-0.2, -0.15) is 0 Å². The van der Waals surface area contributed by atoms with Crippen molar-refractivity contribution in [2.45, 2.75) is 32.4 Å². The van der Waals surface area contributed by atoms with Crippen molar-refractivity contribution in [3.63, 3.8) is 0 Å². The van der Waals surface area contributed by atoms with E-state index in [1.54, 1.807) is 0 Å². The molecule has 28 heavy (non-hydrogen) atoms. The molecular formula is C22H28N4O2. The number of nitrogens with two attached hydrogens (primary N) is 1. The number of benzene rings is 2. The number of carbonyl (C=O) groups excluding carboxylic acids is 2. The number of anilines is 2. The minimum absolute atomic E-state index is 0.0194. The molecule has 1 aliphatic rings. The largest absolute Gasteiger partial charge is 0.368 e. The monoisotopic (exact) mass is 380 g/mol. The molecule has 3 rings (SSSR count). The van der Waals surface area contributed by atoms with Crippen molar-refractivity contribution in [1.29, 1.82) is 0 Å². The molecule has 0 unspecified atom stereocenters. The second-order valence-electron chi connectivity index (χ2n) is 7.42. The zero-order valence-corrected chi connectivity index (χ0v) is 16.2. The van der Waals surface area contributed by atoms with E-state index in [2.05, 4.69) is 17.6 Å². The predicted octanol–water partition coefficient (Wildman–Crippen LogP) is 2.51. The molecule has 0 radical (unpaired) electrons. The van der Waals surface area contributed by atoms with Crippen LogP contribution >= 0.6 is 0 Å². The van der Waals surface area contributed by atoms with Crippen LogP contribution in [0.3, 0.4) is 0 Å². The van der Waals surface area contributed by atoms with Gasteiger partial charge in [0, 0.05) is 29.9 Å². The summed E-state index contributed by atoms with van der Waals surface area (Å²) in [4.78, 5) is 26.1. The third kappa shape index (κ3) is 5.57. The van der Waals surface area contributed by atoms with Crippen molar-refractivity contribution in [2.75, 3.05) is 23.3 Å². The number of hydrogen-bond acceptors (Lipinski definition) is 4. The molecule has 1 heterocycles. The minimum Gasteiger partial charge on any atom is -0.368 e. The van der Waals surface area contributed by atoms with Gasteiger partial charge in [-0.15, -0.1) is 0 Å². The van der Waals surface area contributed by atoms with E-state index in [1.165, 1.54) is 0 Å². The third-order valence-corrected chi connectivity index (χ3v) is 5.04. The van der Waals surface area contributed by atoms with Crippen molar-refractivity contribution in [2.24, 2.45) is 11.7 Å². The number of hydrogen-bond donors (Lipinski definition) is 3. The molecule has 4 N–H and O–H groups in total. The summed E-state index contributed by atoms with van der Waals surface area (Å²) in [6.07, 6.45) is 1.69. The Kier molecular flexibility index (Phi) is 6.66. The average Bonchev–Trinajstić information content (AvgIpc) is 2.68. The second kappa shape index (κ2) is 9.37. The quantitative estimate of drug-likeness (QED) is 0.689. The molecule has 0 spiro atoms. The van der Waals surface area contributed by atoms with Crippen LogP contribution in [-0.2, 0) is 16.1 Å². The Morgan fingerprint density at radius 2 is 1.96 bits per heavy atom. The number of amides is 2. The number of rotatable bonds is 7. The smallest absolute Gasteiger partial charge is 0.236 e. The van der Waals surface area contributed by atoms with Crippen LogP contribution in [0.15, 0.2) is 54.6 Å². The molecule has 6 nitrogen and oxygen atoms in total. The topological polar surface area (TPSA) is 87.5 Å². The first-order valence-electron chi connectivity index (χ1n) is 9.73. The van der Waals surface area contributed by atoms with E-state index in [-0.39, 0.29) is 18.4 Å². The normalized spacial score (nSPS) is 19.0. The Labute approximate surface area is 166 Å². The maximum Gasteiger partial charge on any atom is 0.236 e. The van der Waals surface area contributed by atoms with Gasteiger partial charge in [0.05, 0.1) is 6.54 Å². The highest BCUT2D eigenvalue weighted by Crippen LogP contribution is 2.23. The standard InChI is InChI=1S/C22H28N4O2/c1-16-12-18(10-11-24-16)22(28)25-19-8-5-9-20(13-19)26(15-21(23)27)14-17-6-3-2-4-7-17/h2-9,13,16,18,24H,10-12,14-15H2,1H3,(H2,23,27)(H,25,28)/t16-,18-/m0/s1. The number of primary amides is 1. The number of carbonyl (C=O) groups is 2. The van der Waals surface area contributed by atoms with E-state index >= 15 is 0 Å². The molecule has 2 atom stereocenters. The molecule has 0 saturated carbocycles. The molecule has 1 aliphatic heterocycles. The lowest BCUT2D eigenvalue weighted by molar-refractivity contribution is -0.121. The van der Waals surface area contributed by atoms with Gasteiger partial charge in [-0.25, -0.2) is 0 Å². The molecular weight excluding hydrogens is 352 g/mol. The lowest BCUT2D eigenvalue weighted by Gasteiger charge is -2.27. The van der Waals surface area contributed by atoms with E-state index in [9.17, 15) is 9.59 Å².